The summed E-state index contributed by atoms with van der Waals surface area (Å²) >= 11 is 0. The normalized spacial score (nSPS) is 10.7. The molecular formula is C16H27N3O. The first kappa shape index (κ1) is 16.5. The van der Waals surface area contributed by atoms with Crippen LogP contribution >= 0.6 is 0 Å². The van der Waals surface area contributed by atoms with E-state index in [1.54, 1.807) is 6.20 Å². The van der Waals surface area contributed by atoms with E-state index in [1.807, 2.05) is 12.1 Å². The molecule has 1 heterocycles. The van der Waals surface area contributed by atoms with Gasteiger partial charge < -0.3 is 10.2 Å². The van der Waals surface area contributed by atoms with Crippen molar-refractivity contribution < 1.29 is 4.79 Å². The van der Waals surface area contributed by atoms with E-state index in [-0.39, 0.29) is 5.91 Å². The fourth-order valence-electron chi connectivity index (χ4n) is 2.00. The van der Waals surface area contributed by atoms with E-state index in [9.17, 15) is 4.79 Å². The van der Waals surface area contributed by atoms with Crippen LogP contribution in [0.4, 0.5) is 5.69 Å². The van der Waals surface area contributed by atoms with Gasteiger partial charge in [0.05, 0.1) is 11.9 Å². The van der Waals surface area contributed by atoms with Gasteiger partial charge in [0, 0.05) is 19.6 Å². The van der Waals surface area contributed by atoms with E-state index >= 15 is 0 Å². The van der Waals surface area contributed by atoms with E-state index in [0.717, 1.165) is 31.6 Å². The van der Waals surface area contributed by atoms with Crippen molar-refractivity contribution in [3.05, 3.63) is 24.0 Å². The fraction of sp³-hybridized carbons (Fsp3) is 0.625. The lowest BCUT2D eigenvalue weighted by molar-refractivity contribution is 0.0944. The highest BCUT2D eigenvalue weighted by Gasteiger charge is 2.09. The van der Waals surface area contributed by atoms with Crippen molar-refractivity contribution in [2.45, 2.75) is 40.5 Å². The smallest absolute Gasteiger partial charge is 0.269 e. The lowest BCUT2D eigenvalue weighted by Gasteiger charge is -2.23. The molecule has 0 spiro atoms. The van der Waals surface area contributed by atoms with Crippen molar-refractivity contribution in [2.24, 2.45) is 5.92 Å². The lowest BCUT2D eigenvalue weighted by atomic mass is 10.2. The molecule has 1 aromatic rings. The Bertz CT molecular complexity index is 395. The van der Waals surface area contributed by atoms with Gasteiger partial charge in [0.15, 0.2) is 0 Å². The Kier molecular flexibility index (Phi) is 7.05. The molecule has 20 heavy (non-hydrogen) atoms. The molecule has 0 unspecified atom stereocenters. The number of aromatic nitrogens is 1. The van der Waals surface area contributed by atoms with Crippen molar-refractivity contribution in [3.8, 4) is 0 Å². The third-order valence-electron chi connectivity index (χ3n) is 3.00. The fourth-order valence-corrected chi connectivity index (χ4v) is 2.00. The Labute approximate surface area is 122 Å². The van der Waals surface area contributed by atoms with Crippen LogP contribution in [0, 0.1) is 5.92 Å². The summed E-state index contributed by atoms with van der Waals surface area (Å²) in [5.41, 5.74) is 1.58. The summed E-state index contributed by atoms with van der Waals surface area (Å²) in [5, 5.41) is 2.88. The number of hydrogen-bond donors (Lipinski definition) is 1. The topological polar surface area (TPSA) is 45.2 Å². The van der Waals surface area contributed by atoms with Crippen molar-refractivity contribution in [3.63, 3.8) is 0 Å². The minimum atomic E-state index is -0.0946. The van der Waals surface area contributed by atoms with Crippen LogP contribution in [0.2, 0.25) is 0 Å². The molecule has 0 aliphatic rings. The number of carbonyl (C=O) groups is 1. The molecule has 0 aliphatic carbocycles. The Morgan fingerprint density at radius 1 is 1.25 bits per heavy atom. The number of nitrogens with zero attached hydrogens (tertiary/aromatic N) is 2. The van der Waals surface area contributed by atoms with E-state index in [4.69, 9.17) is 0 Å². The zero-order chi connectivity index (χ0) is 15.0. The average molecular weight is 277 g/mol. The first-order valence-corrected chi connectivity index (χ1v) is 7.57. The zero-order valence-electron chi connectivity index (χ0n) is 13.1. The molecule has 0 aromatic carbocycles. The molecule has 4 heteroatoms. The molecule has 0 saturated carbocycles. The van der Waals surface area contributed by atoms with Crippen LogP contribution in [0.15, 0.2) is 18.3 Å². The molecule has 0 aliphatic heterocycles. The van der Waals surface area contributed by atoms with Gasteiger partial charge in [-0.3, -0.25) is 4.79 Å². The van der Waals surface area contributed by atoms with Gasteiger partial charge in [-0.15, -0.1) is 0 Å². The quantitative estimate of drug-likeness (QED) is 0.794. The van der Waals surface area contributed by atoms with Crippen LogP contribution in [0.5, 0.6) is 0 Å². The Balaban J connectivity index is 2.69. The maximum Gasteiger partial charge on any atom is 0.269 e. The van der Waals surface area contributed by atoms with E-state index in [1.165, 1.54) is 0 Å². The number of rotatable bonds is 8. The summed E-state index contributed by atoms with van der Waals surface area (Å²) in [4.78, 5) is 18.5. The second-order valence-corrected chi connectivity index (χ2v) is 5.49. The maximum atomic E-state index is 11.9. The summed E-state index contributed by atoms with van der Waals surface area (Å²) < 4.78 is 0. The molecule has 4 nitrogen and oxygen atoms in total. The van der Waals surface area contributed by atoms with Crippen molar-refractivity contribution >= 4 is 11.6 Å². The molecule has 1 aromatic heterocycles. The summed E-state index contributed by atoms with van der Waals surface area (Å²) in [6, 6.07) is 3.80. The lowest BCUT2D eigenvalue weighted by Crippen LogP contribution is -2.28. The van der Waals surface area contributed by atoms with Crippen LogP contribution in [0.1, 0.15) is 51.0 Å². The van der Waals surface area contributed by atoms with Crippen molar-refractivity contribution in [2.75, 3.05) is 24.5 Å². The van der Waals surface area contributed by atoms with Gasteiger partial charge in [0.1, 0.15) is 5.69 Å². The second kappa shape index (κ2) is 8.56. The predicted molar refractivity (Wildman–Crippen MR) is 84.2 cm³/mol. The summed E-state index contributed by atoms with van der Waals surface area (Å²) in [6.45, 7) is 11.2. The molecule has 0 bridgehead atoms. The Morgan fingerprint density at radius 3 is 2.35 bits per heavy atom. The average Bonchev–Trinajstić information content (AvgIpc) is 2.44. The van der Waals surface area contributed by atoms with Gasteiger partial charge in [-0.2, -0.15) is 0 Å². The summed E-state index contributed by atoms with van der Waals surface area (Å²) in [7, 11) is 0. The minimum absolute atomic E-state index is 0.0946. The number of hydrogen-bond acceptors (Lipinski definition) is 3. The highest BCUT2D eigenvalue weighted by atomic mass is 16.1. The molecule has 0 atom stereocenters. The third kappa shape index (κ3) is 5.19. The molecule has 0 radical (unpaired) electrons. The van der Waals surface area contributed by atoms with E-state index in [0.29, 0.717) is 18.2 Å². The van der Waals surface area contributed by atoms with Gasteiger partial charge in [-0.05, 0) is 30.9 Å². The zero-order valence-corrected chi connectivity index (χ0v) is 13.1. The number of anilines is 1. The molecule has 1 amide bonds. The predicted octanol–water partition coefficient (Wildman–Crippen LogP) is 3.09. The summed E-state index contributed by atoms with van der Waals surface area (Å²) in [6.07, 6.45) is 4.02. The molecule has 112 valence electrons. The Morgan fingerprint density at radius 2 is 1.90 bits per heavy atom. The molecule has 1 rings (SSSR count). The first-order valence-electron chi connectivity index (χ1n) is 7.57. The third-order valence-corrected chi connectivity index (χ3v) is 3.00. The highest BCUT2D eigenvalue weighted by molar-refractivity contribution is 5.92. The second-order valence-electron chi connectivity index (χ2n) is 5.49. The molecule has 0 saturated heterocycles. The molecule has 1 N–H and O–H groups in total. The van der Waals surface area contributed by atoms with Crippen LogP contribution in [0.25, 0.3) is 0 Å². The van der Waals surface area contributed by atoms with E-state index in [2.05, 4.69) is 42.9 Å². The van der Waals surface area contributed by atoms with Gasteiger partial charge in [-0.25, -0.2) is 4.98 Å². The van der Waals surface area contributed by atoms with Gasteiger partial charge in [-0.1, -0.05) is 27.7 Å². The van der Waals surface area contributed by atoms with Gasteiger partial charge >= 0.3 is 0 Å². The van der Waals surface area contributed by atoms with E-state index < -0.39 is 0 Å². The van der Waals surface area contributed by atoms with Crippen LogP contribution < -0.4 is 10.2 Å². The highest BCUT2D eigenvalue weighted by Crippen LogP contribution is 2.14. The number of pyridine rings is 1. The largest absolute Gasteiger partial charge is 0.370 e. The van der Waals surface area contributed by atoms with Crippen LogP contribution in [-0.2, 0) is 0 Å². The van der Waals surface area contributed by atoms with Crippen molar-refractivity contribution in [1.82, 2.24) is 10.3 Å². The molecule has 0 fully saturated rings. The number of nitrogens with one attached hydrogen (secondary N) is 1. The number of amides is 1. The summed E-state index contributed by atoms with van der Waals surface area (Å²) in [5.74, 6) is 0.352. The van der Waals surface area contributed by atoms with Gasteiger partial charge in [0.2, 0.25) is 0 Å². The number of carbonyl (C=O) groups excluding carboxylic acids is 1. The monoisotopic (exact) mass is 277 g/mol. The minimum Gasteiger partial charge on any atom is -0.370 e. The SMILES string of the molecule is CCCN(CCC)c1ccc(C(=O)NCC(C)C)nc1. The standard InChI is InChI=1S/C16H27N3O/c1-5-9-19(10-6-2)14-7-8-15(17-12-14)16(20)18-11-13(3)4/h7-8,12-13H,5-6,9-11H2,1-4H3,(H,18,20). The van der Waals surface area contributed by atoms with Crippen LogP contribution in [-0.4, -0.2) is 30.5 Å². The molecular weight excluding hydrogens is 250 g/mol. The maximum absolute atomic E-state index is 11.9. The Hall–Kier alpha value is -1.58. The van der Waals surface area contributed by atoms with Gasteiger partial charge in [0.25, 0.3) is 5.91 Å². The first-order chi connectivity index (χ1) is 9.58. The van der Waals surface area contributed by atoms with Crippen molar-refractivity contribution in [1.29, 1.82) is 0 Å². The van der Waals surface area contributed by atoms with Crippen LogP contribution in [0.3, 0.4) is 0 Å².